The highest BCUT2D eigenvalue weighted by atomic mass is 79.9. The number of nitrogens with zero attached hydrogens (tertiary/aromatic N) is 1. The molecule has 0 saturated heterocycles. The van der Waals surface area contributed by atoms with Crippen molar-refractivity contribution < 1.29 is 12.8 Å². The molecule has 0 amide bonds. The van der Waals surface area contributed by atoms with Crippen molar-refractivity contribution in [3.8, 4) is 0 Å². The summed E-state index contributed by atoms with van der Waals surface area (Å²) in [5.41, 5.74) is 5.77. The number of rotatable bonds is 5. The van der Waals surface area contributed by atoms with E-state index in [4.69, 9.17) is 5.73 Å². The van der Waals surface area contributed by atoms with Gasteiger partial charge in [0.25, 0.3) is 0 Å². The van der Waals surface area contributed by atoms with E-state index in [2.05, 4.69) is 15.9 Å². The first-order chi connectivity index (χ1) is 8.71. The zero-order chi connectivity index (χ0) is 14.8. The van der Waals surface area contributed by atoms with Crippen LogP contribution >= 0.6 is 27.7 Å². The van der Waals surface area contributed by atoms with Gasteiger partial charge in [0.2, 0.25) is 10.0 Å². The smallest absolute Gasteiger partial charge is 0.246 e. The van der Waals surface area contributed by atoms with Crippen molar-refractivity contribution in [1.29, 1.82) is 0 Å². The summed E-state index contributed by atoms with van der Waals surface area (Å²) in [6, 6.07) is 2.23. The van der Waals surface area contributed by atoms with Crippen LogP contribution in [-0.2, 0) is 10.0 Å². The number of nitrogen functional groups attached to an aromatic ring is 1. The quantitative estimate of drug-likeness (QED) is 0.808. The molecular formula is C11H16BrFN2O2S2. The Balaban J connectivity index is 3.28. The summed E-state index contributed by atoms with van der Waals surface area (Å²) < 4.78 is 39.9. The summed E-state index contributed by atoms with van der Waals surface area (Å²) in [4.78, 5) is -0.408. The fourth-order valence-electron chi connectivity index (χ4n) is 1.51. The van der Waals surface area contributed by atoms with E-state index in [9.17, 15) is 12.8 Å². The molecular weight excluding hydrogens is 355 g/mol. The number of sulfonamides is 1. The third-order valence-corrected chi connectivity index (χ3v) is 6.07. The molecule has 2 N–H and O–H groups in total. The van der Waals surface area contributed by atoms with Crippen LogP contribution in [0.15, 0.2) is 21.5 Å². The molecule has 0 bridgehead atoms. The molecule has 1 aromatic rings. The van der Waals surface area contributed by atoms with Gasteiger partial charge in [-0.1, -0.05) is 0 Å². The molecule has 19 heavy (non-hydrogen) atoms. The minimum Gasteiger partial charge on any atom is -0.399 e. The maximum atomic E-state index is 14.0. The summed E-state index contributed by atoms with van der Waals surface area (Å²) in [5, 5.41) is 0. The molecule has 0 radical (unpaired) electrons. The lowest BCUT2D eigenvalue weighted by molar-refractivity contribution is 0.411. The molecule has 1 aromatic carbocycles. The molecule has 108 valence electrons. The van der Waals surface area contributed by atoms with Crippen LogP contribution in [0.3, 0.4) is 0 Å². The Bertz CT molecular complexity index is 566. The standard InChI is InChI=1S/C11H16BrFN2O2S2/c1-7(6-18-3)15(2)19(16,17)10-5-8(14)4-9(12)11(10)13/h4-5,7H,6,14H2,1-3H3. The zero-order valence-electron chi connectivity index (χ0n) is 10.9. The topological polar surface area (TPSA) is 63.4 Å². The molecule has 8 heteroatoms. The second-order valence-corrected chi connectivity index (χ2v) is 7.87. The maximum Gasteiger partial charge on any atom is 0.246 e. The van der Waals surface area contributed by atoms with Gasteiger partial charge in [-0.25, -0.2) is 12.8 Å². The van der Waals surface area contributed by atoms with Crippen molar-refractivity contribution in [2.75, 3.05) is 24.8 Å². The fourth-order valence-corrected chi connectivity index (χ4v) is 4.40. The van der Waals surface area contributed by atoms with Crippen molar-refractivity contribution in [3.05, 3.63) is 22.4 Å². The summed E-state index contributed by atoms with van der Waals surface area (Å²) in [5.74, 6) is -0.196. The number of thioether (sulfide) groups is 1. The SMILES string of the molecule is CSCC(C)N(C)S(=O)(=O)c1cc(N)cc(Br)c1F. The Morgan fingerprint density at radius 1 is 1.53 bits per heavy atom. The Kier molecular flexibility index (Phi) is 5.66. The van der Waals surface area contributed by atoms with Gasteiger partial charge >= 0.3 is 0 Å². The van der Waals surface area contributed by atoms with E-state index < -0.39 is 20.7 Å². The van der Waals surface area contributed by atoms with Crippen molar-refractivity contribution in [1.82, 2.24) is 4.31 Å². The summed E-state index contributed by atoms with van der Waals surface area (Å²) in [6.07, 6.45) is 1.88. The van der Waals surface area contributed by atoms with E-state index in [-0.39, 0.29) is 16.2 Å². The second-order valence-electron chi connectivity index (χ2n) is 4.14. The molecule has 0 fully saturated rings. The van der Waals surface area contributed by atoms with Crippen molar-refractivity contribution in [2.24, 2.45) is 0 Å². The zero-order valence-corrected chi connectivity index (χ0v) is 14.1. The second kappa shape index (κ2) is 6.43. The van der Waals surface area contributed by atoms with Crippen LogP contribution in [0, 0.1) is 5.82 Å². The van der Waals surface area contributed by atoms with Gasteiger partial charge in [-0.2, -0.15) is 16.1 Å². The van der Waals surface area contributed by atoms with Crippen LogP contribution < -0.4 is 5.73 Å². The van der Waals surface area contributed by atoms with Gasteiger partial charge < -0.3 is 5.73 Å². The Hall–Kier alpha value is -0.310. The molecule has 0 aromatic heterocycles. The number of nitrogens with two attached hydrogens (primary N) is 1. The summed E-state index contributed by atoms with van der Waals surface area (Å²) in [6.45, 7) is 1.77. The average Bonchev–Trinajstić information content (AvgIpc) is 2.32. The maximum absolute atomic E-state index is 14.0. The average molecular weight is 371 g/mol. The first-order valence-corrected chi connectivity index (χ1v) is 9.06. The lowest BCUT2D eigenvalue weighted by Gasteiger charge is -2.24. The number of anilines is 1. The van der Waals surface area contributed by atoms with Gasteiger partial charge in [0.1, 0.15) is 4.90 Å². The number of benzene rings is 1. The molecule has 1 rings (SSSR count). The highest BCUT2D eigenvalue weighted by molar-refractivity contribution is 9.10. The summed E-state index contributed by atoms with van der Waals surface area (Å²) >= 11 is 4.49. The number of hydrogen-bond acceptors (Lipinski definition) is 4. The minimum atomic E-state index is -3.90. The van der Waals surface area contributed by atoms with E-state index in [1.54, 1.807) is 6.92 Å². The largest absolute Gasteiger partial charge is 0.399 e. The van der Waals surface area contributed by atoms with Crippen LogP contribution in [0.25, 0.3) is 0 Å². The molecule has 0 aliphatic carbocycles. The molecule has 1 atom stereocenters. The molecule has 0 spiro atoms. The van der Waals surface area contributed by atoms with Crippen LogP contribution in [0.2, 0.25) is 0 Å². The molecule has 0 saturated carbocycles. The van der Waals surface area contributed by atoms with E-state index in [1.807, 2.05) is 6.26 Å². The molecule has 1 unspecified atom stereocenters. The molecule has 4 nitrogen and oxygen atoms in total. The van der Waals surface area contributed by atoms with E-state index >= 15 is 0 Å². The van der Waals surface area contributed by atoms with Gasteiger partial charge in [-0.05, 0) is 41.2 Å². The third-order valence-electron chi connectivity index (χ3n) is 2.70. The van der Waals surface area contributed by atoms with Gasteiger partial charge in [0, 0.05) is 24.5 Å². The van der Waals surface area contributed by atoms with Crippen molar-refractivity contribution >= 4 is 43.4 Å². The van der Waals surface area contributed by atoms with Gasteiger partial charge in [-0.15, -0.1) is 0 Å². The normalized spacial score (nSPS) is 13.8. The Labute approximate surface area is 125 Å². The predicted octanol–water partition coefficient (Wildman–Crippen LogP) is 2.54. The van der Waals surface area contributed by atoms with E-state index in [0.717, 1.165) is 10.4 Å². The van der Waals surface area contributed by atoms with Crippen LogP contribution in [0.1, 0.15) is 6.92 Å². The minimum absolute atomic E-state index is 0.0389. The van der Waals surface area contributed by atoms with Crippen molar-refractivity contribution in [2.45, 2.75) is 17.9 Å². The lowest BCUT2D eigenvalue weighted by Crippen LogP contribution is -2.37. The first-order valence-electron chi connectivity index (χ1n) is 5.43. The third kappa shape index (κ3) is 3.62. The summed E-state index contributed by atoms with van der Waals surface area (Å²) in [7, 11) is -2.46. The van der Waals surface area contributed by atoms with E-state index in [1.165, 1.54) is 24.9 Å². The van der Waals surface area contributed by atoms with Crippen LogP contribution in [0.4, 0.5) is 10.1 Å². The Morgan fingerprint density at radius 2 is 2.11 bits per heavy atom. The van der Waals surface area contributed by atoms with Crippen molar-refractivity contribution in [3.63, 3.8) is 0 Å². The van der Waals surface area contributed by atoms with Crippen LogP contribution in [-0.4, -0.2) is 37.8 Å². The Morgan fingerprint density at radius 3 is 2.63 bits per heavy atom. The molecule has 0 heterocycles. The van der Waals surface area contributed by atoms with Crippen LogP contribution in [0.5, 0.6) is 0 Å². The first kappa shape index (κ1) is 16.7. The van der Waals surface area contributed by atoms with Gasteiger partial charge in [-0.3, -0.25) is 0 Å². The van der Waals surface area contributed by atoms with Gasteiger partial charge in [0.15, 0.2) is 5.82 Å². The monoisotopic (exact) mass is 370 g/mol. The molecule has 0 aliphatic heterocycles. The van der Waals surface area contributed by atoms with Gasteiger partial charge in [0.05, 0.1) is 4.47 Å². The number of hydrogen-bond donors (Lipinski definition) is 1. The highest BCUT2D eigenvalue weighted by Gasteiger charge is 2.29. The lowest BCUT2D eigenvalue weighted by atomic mass is 10.3. The molecule has 0 aliphatic rings. The highest BCUT2D eigenvalue weighted by Crippen LogP contribution is 2.28. The predicted molar refractivity (Wildman–Crippen MR) is 81.3 cm³/mol. The number of halogens is 2. The van der Waals surface area contributed by atoms with E-state index in [0.29, 0.717) is 5.75 Å². The fraction of sp³-hybridized carbons (Fsp3) is 0.455.